The van der Waals surface area contributed by atoms with Crippen LogP contribution in [-0.2, 0) is 0 Å². The van der Waals surface area contributed by atoms with Gasteiger partial charge in [0.25, 0.3) is 0 Å². The van der Waals surface area contributed by atoms with E-state index >= 15 is 0 Å². The quantitative estimate of drug-likeness (QED) is 0.452. The van der Waals surface area contributed by atoms with Crippen LogP contribution in [-0.4, -0.2) is 12.9 Å². The van der Waals surface area contributed by atoms with Crippen LogP contribution in [0.15, 0.2) is 59.3 Å². The van der Waals surface area contributed by atoms with Gasteiger partial charge in [-0.3, -0.25) is 4.99 Å². The normalized spacial score (nSPS) is 13.3. The van der Waals surface area contributed by atoms with Gasteiger partial charge in [-0.05, 0) is 56.5 Å². The molecule has 0 spiro atoms. The molecule has 2 nitrogen and oxygen atoms in total. The number of thiophene rings is 1. The lowest BCUT2D eigenvalue weighted by atomic mass is 10.1. The Kier molecular flexibility index (Phi) is 6.38. The van der Waals surface area contributed by atoms with E-state index in [1.165, 1.54) is 10.5 Å². The van der Waals surface area contributed by atoms with Crippen molar-refractivity contribution in [3.05, 3.63) is 64.0 Å². The van der Waals surface area contributed by atoms with Gasteiger partial charge in [0.2, 0.25) is 0 Å². The summed E-state index contributed by atoms with van der Waals surface area (Å²) in [5.41, 5.74) is 4.25. The van der Waals surface area contributed by atoms with Gasteiger partial charge in [0.15, 0.2) is 0 Å². The van der Waals surface area contributed by atoms with Gasteiger partial charge in [0, 0.05) is 17.6 Å². The van der Waals surface area contributed by atoms with Crippen LogP contribution in [0.5, 0.6) is 0 Å². The van der Waals surface area contributed by atoms with Gasteiger partial charge in [-0.2, -0.15) is 0 Å². The lowest BCUT2D eigenvalue weighted by Gasteiger charge is -2.11. The average Bonchev–Trinajstić information content (AvgIpc) is 2.93. The highest BCUT2D eigenvalue weighted by Crippen LogP contribution is 2.29. The Balaban J connectivity index is 3.03. The van der Waals surface area contributed by atoms with E-state index in [4.69, 9.17) is 0 Å². The number of nitrogens with zero attached hydrogens (tertiary/aromatic N) is 1. The predicted molar refractivity (Wildman–Crippen MR) is 97.0 cm³/mol. The molecule has 0 saturated carbocycles. The first-order valence-electron chi connectivity index (χ1n) is 6.93. The second kappa shape index (κ2) is 7.79. The second-order valence-corrected chi connectivity index (χ2v) is 5.88. The van der Waals surface area contributed by atoms with Crippen molar-refractivity contribution in [2.45, 2.75) is 27.7 Å². The first kappa shape index (κ1) is 17.2. The van der Waals surface area contributed by atoms with E-state index in [-0.39, 0.29) is 0 Å². The van der Waals surface area contributed by atoms with E-state index in [1.54, 1.807) is 18.4 Å². The maximum atomic E-state index is 4.34. The molecule has 21 heavy (non-hydrogen) atoms. The number of nitrogens with one attached hydrogen (secondary N) is 1. The van der Waals surface area contributed by atoms with Crippen LogP contribution in [0.4, 0.5) is 0 Å². The lowest BCUT2D eigenvalue weighted by molar-refractivity contribution is 1.12. The molecule has 0 atom stereocenters. The van der Waals surface area contributed by atoms with Crippen LogP contribution >= 0.6 is 11.3 Å². The minimum atomic E-state index is 0.842. The number of aliphatic imine (C=N–C) groups is 1. The van der Waals surface area contributed by atoms with Crippen molar-refractivity contribution in [2.24, 2.45) is 4.99 Å². The third-order valence-corrected chi connectivity index (χ3v) is 4.38. The second-order valence-electron chi connectivity index (χ2n) is 4.79. The van der Waals surface area contributed by atoms with E-state index in [0.29, 0.717) is 0 Å². The van der Waals surface area contributed by atoms with Crippen molar-refractivity contribution in [3.63, 3.8) is 0 Å². The fourth-order valence-electron chi connectivity index (χ4n) is 1.85. The van der Waals surface area contributed by atoms with Crippen molar-refractivity contribution in [3.8, 4) is 0 Å². The fourth-order valence-corrected chi connectivity index (χ4v) is 3.00. The molecular formula is C18H24N2S. The van der Waals surface area contributed by atoms with E-state index < -0.39 is 0 Å². The topological polar surface area (TPSA) is 24.4 Å². The summed E-state index contributed by atoms with van der Waals surface area (Å²) in [5, 5.41) is 3.29. The van der Waals surface area contributed by atoms with E-state index in [0.717, 1.165) is 27.6 Å². The maximum Gasteiger partial charge on any atom is 0.142 e. The molecule has 0 unspecified atom stereocenters. The summed E-state index contributed by atoms with van der Waals surface area (Å²) in [5.74, 6) is 0.842. The Morgan fingerprint density at radius 1 is 1.14 bits per heavy atom. The molecule has 0 saturated heterocycles. The standard InChI is InChI=1S/C18H24N2S/c1-8-13(5)14(6)20-18(19-7)17-11-10-16(21-17)15(9-2)12(3)4/h8-11H,3,6H2,1-2,4-5,7H3,(H,19,20)/b13-8+,15-9+. The third-order valence-electron chi connectivity index (χ3n) is 3.26. The van der Waals surface area contributed by atoms with E-state index in [2.05, 4.69) is 41.7 Å². The molecule has 0 amide bonds. The Morgan fingerprint density at radius 2 is 1.76 bits per heavy atom. The zero-order chi connectivity index (χ0) is 16.0. The summed E-state index contributed by atoms with van der Waals surface area (Å²) in [4.78, 5) is 6.64. The summed E-state index contributed by atoms with van der Waals surface area (Å²) < 4.78 is 0. The highest BCUT2D eigenvalue weighted by molar-refractivity contribution is 7.15. The van der Waals surface area contributed by atoms with Gasteiger partial charge in [-0.15, -0.1) is 11.3 Å². The van der Waals surface area contributed by atoms with E-state index in [9.17, 15) is 0 Å². The summed E-state index contributed by atoms with van der Waals surface area (Å²) >= 11 is 1.70. The monoisotopic (exact) mass is 300 g/mol. The maximum absolute atomic E-state index is 4.34. The number of allylic oxidation sites excluding steroid dienone is 5. The van der Waals surface area contributed by atoms with Crippen molar-refractivity contribution < 1.29 is 0 Å². The molecule has 112 valence electrons. The molecule has 1 N–H and O–H groups in total. The van der Waals surface area contributed by atoms with Gasteiger partial charge in [0.1, 0.15) is 5.84 Å². The van der Waals surface area contributed by atoms with Crippen molar-refractivity contribution in [1.29, 1.82) is 0 Å². The molecule has 3 heteroatoms. The molecule has 1 rings (SSSR count). The van der Waals surface area contributed by atoms with Gasteiger partial charge in [0.05, 0.1) is 4.88 Å². The van der Waals surface area contributed by atoms with Crippen LogP contribution in [0.1, 0.15) is 37.4 Å². The summed E-state index contributed by atoms with van der Waals surface area (Å²) in [6, 6.07) is 4.20. The highest BCUT2D eigenvalue weighted by Gasteiger charge is 2.11. The molecule has 0 radical (unpaired) electrons. The van der Waals surface area contributed by atoms with Crippen LogP contribution in [0.25, 0.3) is 5.57 Å². The van der Waals surface area contributed by atoms with Crippen molar-refractivity contribution in [1.82, 2.24) is 5.32 Å². The largest absolute Gasteiger partial charge is 0.340 e. The molecule has 1 heterocycles. The predicted octanol–water partition coefficient (Wildman–Crippen LogP) is 5.17. The number of amidine groups is 1. The minimum absolute atomic E-state index is 0.842. The van der Waals surface area contributed by atoms with Crippen molar-refractivity contribution in [2.75, 3.05) is 7.05 Å². The van der Waals surface area contributed by atoms with Gasteiger partial charge in [-0.25, -0.2) is 0 Å². The molecule has 0 aromatic carbocycles. The molecule has 1 aromatic rings. The Bertz CT molecular complexity index is 627. The Morgan fingerprint density at radius 3 is 2.24 bits per heavy atom. The first-order chi connectivity index (χ1) is 9.94. The van der Waals surface area contributed by atoms with Crippen LogP contribution < -0.4 is 5.32 Å². The van der Waals surface area contributed by atoms with Gasteiger partial charge >= 0.3 is 0 Å². The Hall–Kier alpha value is -1.87. The molecule has 0 bridgehead atoms. The highest BCUT2D eigenvalue weighted by atomic mass is 32.1. The van der Waals surface area contributed by atoms with Crippen LogP contribution in [0.3, 0.4) is 0 Å². The fraction of sp³-hybridized carbons (Fsp3) is 0.278. The molecule has 0 aliphatic carbocycles. The number of rotatable bonds is 5. The minimum Gasteiger partial charge on any atom is -0.340 e. The molecule has 1 aromatic heterocycles. The summed E-state index contributed by atoms with van der Waals surface area (Å²) in [6.45, 7) is 16.2. The third kappa shape index (κ3) is 4.30. The van der Waals surface area contributed by atoms with Crippen LogP contribution in [0.2, 0.25) is 0 Å². The summed E-state index contributed by atoms with van der Waals surface area (Å²) in [7, 11) is 1.79. The lowest BCUT2D eigenvalue weighted by Crippen LogP contribution is -2.22. The average molecular weight is 300 g/mol. The van der Waals surface area contributed by atoms with Gasteiger partial charge in [-0.1, -0.05) is 25.3 Å². The van der Waals surface area contributed by atoms with Crippen molar-refractivity contribution >= 4 is 22.7 Å². The Labute approximate surface area is 132 Å². The van der Waals surface area contributed by atoms with Gasteiger partial charge < -0.3 is 5.32 Å². The number of hydrogen-bond donors (Lipinski definition) is 1. The zero-order valence-electron chi connectivity index (χ0n) is 13.6. The smallest absolute Gasteiger partial charge is 0.142 e. The first-order valence-corrected chi connectivity index (χ1v) is 7.75. The molecular weight excluding hydrogens is 276 g/mol. The molecule has 0 fully saturated rings. The zero-order valence-corrected chi connectivity index (χ0v) is 14.4. The molecule has 0 aliphatic rings. The summed E-state index contributed by atoms with van der Waals surface area (Å²) in [6.07, 6.45) is 4.12. The van der Waals surface area contributed by atoms with E-state index in [1.807, 2.05) is 33.8 Å². The van der Waals surface area contributed by atoms with Crippen LogP contribution in [0, 0.1) is 0 Å². The molecule has 0 aliphatic heterocycles. The SMILES string of the molecule is C=C(N/C(=N\C)c1ccc(/C(=C/C)C(=C)C)s1)/C(C)=C/C. The number of hydrogen-bond acceptors (Lipinski definition) is 2.